The number of hydrogen-bond acceptors (Lipinski definition) is 5. The third-order valence-corrected chi connectivity index (χ3v) is 8.34. The molecule has 0 saturated heterocycles. The summed E-state index contributed by atoms with van der Waals surface area (Å²) in [6, 6.07) is 14.4. The van der Waals surface area contributed by atoms with E-state index in [0.717, 1.165) is 23.4 Å². The first-order valence-corrected chi connectivity index (χ1v) is 14.7. The molecular formula is C33H28ClF3N6O2. The van der Waals surface area contributed by atoms with Gasteiger partial charge in [0, 0.05) is 41.4 Å². The van der Waals surface area contributed by atoms with Gasteiger partial charge in [0.05, 0.1) is 46.9 Å². The number of fused-ring (bicyclic) bond motifs is 4. The summed E-state index contributed by atoms with van der Waals surface area (Å²) >= 11 is 6.32. The smallest absolute Gasteiger partial charge is 0.323 e. The number of aromatic nitrogens is 5. The lowest BCUT2D eigenvalue weighted by atomic mass is 9.96. The summed E-state index contributed by atoms with van der Waals surface area (Å²) in [5.41, 5.74) is 3.60. The summed E-state index contributed by atoms with van der Waals surface area (Å²) in [6.45, 7) is 1.87. The highest BCUT2D eigenvalue weighted by atomic mass is 35.5. The Morgan fingerprint density at radius 3 is 2.44 bits per heavy atom. The van der Waals surface area contributed by atoms with Crippen molar-refractivity contribution in [1.29, 1.82) is 0 Å². The first kappa shape index (κ1) is 30.3. The zero-order chi connectivity index (χ0) is 31.9. The van der Waals surface area contributed by atoms with Gasteiger partial charge >= 0.3 is 6.18 Å². The highest BCUT2D eigenvalue weighted by molar-refractivity contribution is 6.31. The van der Waals surface area contributed by atoms with E-state index in [0.29, 0.717) is 58.1 Å². The van der Waals surface area contributed by atoms with Gasteiger partial charge in [0.15, 0.2) is 0 Å². The topological polar surface area (TPSA) is 94.7 Å². The minimum atomic E-state index is -4.46. The predicted molar refractivity (Wildman–Crippen MR) is 166 cm³/mol. The molecule has 8 nitrogen and oxygen atoms in total. The van der Waals surface area contributed by atoms with Crippen LogP contribution in [0.3, 0.4) is 0 Å². The maximum atomic E-state index is 13.8. The Labute approximate surface area is 261 Å². The fraction of sp³-hybridized carbons (Fsp3) is 0.242. The quantitative estimate of drug-likeness (QED) is 0.224. The first-order chi connectivity index (χ1) is 21.5. The second-order valence-electron chi connectivity index (χ2n) is 11.1. The second-order valence-corrected chi connectivity index (χ2v) is 11.6. The monoisotopic (exact) mass is 632 g/mol. The molecule has 12 heteroatoms. The van der Waals surface area contributed by atoms with Gasteiger partial charge in [0.1, 0.15) is 0 Å². The molecule has 0 saturated carbocycles. The van der Waals surface area contributed by atoms with Gasteiger partial charge in [-0.2, -0.15) is 18.3 Å². The van der Waals surface area contributed by atoms with Crippen molar-refractivity contribution < 1.29 is 18.0 Å². The summed E-state index contributed by atoms with van der Waals surface area (Å²) < 4.78 is 42.7. The molecule has 0 unspecified atom stereocenters. The molecule has 3 aromatic heterocycles. The van der Waals surface area contributed by atoms with Crippen molar-refractivity contribution in [3.63, 3.8) is 0 Å². The van der Waals surface area contributed by atoms with Gasteiger partial charge in [-0.25, -0.2) is 4.98 Å². The van der Waals surface area contributed by atoms with Crippen LogP contribution in [-0.4, -0.2) is 30.2 Å². The number of pyridine rings is 1. The molecule has 2 bridgehead atoms. The fourth-order valence-corrected chi connectivity index (χ4v) is 5.87. The van der Waals surface area contributed by atoms with E-state index in [-0.39, 0.29) is 17.4 Å². The number of alkyl halides is 3. The molecule has 0 fully saturated rings. The Balaban J connectivity index is 1.41. The van der Waals surface area contributed by atoms with Gasteiger partial charge in [0.2, 0.25) is 5.91 Å². The Bertz CT molecular complexity index is 1950. The lowest BCUT2D eigenvalue weighted by Crippen LogP contribution is -2.27. The van der Waals surface area contributed by atoms with Crippen LogP contribution in [0, 0.1) is 5.92 Å². The number of anilines is 1. The number of carbonyl (C=O) groups is 1. The molecule has 2 atom stereocenters. The highest BCUT2D eigenvalue weighted by Crippen LogP contribution is 2.36. The van der Waals surface area contributed by atoms with Crippen molar-refractivity contribution in [2.24, 2.45) is 13.0 Å². The van der Waals surface area contributed by atoms with Crippen LogP contribution in [0.4, 0.5) is 18.9 Å². The van der Waals surface area contributed by atoms with E-state index in [1.54, 1.807) is 42.3 Å². The minimum absolute atomic E-state index is 0.107. The highest BCUT2D eigenvalue weighted by Gasteiger charge is 2.30. The van der Waals surface area contributed by atoms with E-state index in [1.807, 2.05) is 19.1 Å². The minimum Gasteiger partial charge on any atom is -0.323 e. The molecule has 1 aliphatic heterocycles. The van der Waals surface area contributed by atoms with Crippen molar-refractivity contribution >= 4 is 23.2 Å². The normalized spacial score (nSPS) is 17.2. The van der Waals surface area contributed by atoms with Crippen molar-refractivity contribution in [3.05, 3.63) is 106 Å². The van der Waals surface area contributed by atoms with Crippen LogP contribution in [0.2, 0.25) is 5.02 Å². The zero-order valence-electron chi connectivity index (χ0n) is 24.3. The number of benzene rings is 2. The molecule has 0 aliphatic carbocycles. The molecule has 2 aromatic carbocycles. The molecule has 230 valence electrons. The van der Waals surface area contributed by atoms with E-state index >= 15 is 0 Å². The predicted octanol–water partition coefficient (Wildman–Crippen LogP) is 7.39. The van der Waals surface area contributed by atoms with Crippen LogP contribution >= 0.6 is 11.6 Å². The van der Waals surface area contributed by atoms with Gasteiger partial charge < -0.3 is 5.32 Å². The van der Waals surface area contributed by atoms with Crippen LogP contribution in [-0.2, 0) is 18.0 Å². The number of nitrogens with zero attached hydrogens (tertiary/aromatic N) is 5. The molecule has 1 amide bonds. The number of aryl methyl sites for hydroxylation is 1. The molecule has 45 heavy (non-hydrogen) atoms. The van der Waals surface area contributed by atoms with Crippen LogP contribution in [0.5, 0.6) is 0 Å². The van der Waals surface area contributed by atoms with E-state index in [2.05, 4.69) is 20.4 Å². The van der Waals surface area contributed by atoms with Gasteiger partial charge in [-0.3, -0.25) is 23.8 Å². The van der Waals surface area contributed by atoms with E-state index in [4.69, 9.17) is 11.6 Å². The van der Waals surface area contributed by atoms with Crippen molar-refractivity contribution in [2.75, 3.05) is 5.32 Å². The van der Waals surface area contributed by atoms with Crippen molar-refractivity contribution in [1.82, 2.24) is 24.3 Å². The van der Waals surface area contributed by atoms with Crippen LogP contribution in [0.15, 0.2) is 84.2 Å². The first-order valence-electron chi connectivity index (χ1n) is 14.3. The Morgan fingerprint density at radius 2 is 1.71 bits per heavy atom. The van der Waals surface area contributed by atoms with E-state index in [1.165, 1.54) is 29.1 Å². The standard InChI is InChI=1S/C33H28ClF3N6O2/c1-19-4-3-5-29(27-14-21(12-13-38-27)31-28(41-32(19)45)17-40-42(31)2)43-18-39-26(16-30(43)44)25-15-23(34)10-11-24(25)20-6-8-22(9-7-20)33(35,36)37/h6-19,29H,3-5H2,1-2H3,(H,41,45)/t19-,29+/m1/s1. The third-order valence-electron chi connectivity index (χ3n) is 8.11. The molecule has 4 heterocycles. The van der Waals surface area contributed by atoms with Gasteiger partial charge in [0.25, 0.3) is 5.56 Å². The SMILES string of the molecule is C[C@@H]1CCC[C@H](n2cnc(-c3cc(Cl)ccc3-c3ccc(C(F)(F)F)cc3)cc2=O)c2cc(ccn2)-c2c(cnn2C)NC1=O. The third kappa shape index (κ3) is 6.12. The average molecular weight is 633 g/mol. The maximum Gasteiger partial charge on any atom is 0.416 e. The number of amides is 1. The molecule has 0 radical (unpaired) electrons. The summed E-state index contributed by atoms with van der Waals surface area (Å²) in [5, 5.41) is 7.72. The number of halogens is 4. The fourth-order valence-electron chi connectivity index (χ4n) is 5.69. The molecule has 0 spiro atoms. The van der Waals surface area contributed by atoms with Crippen LogP contribution in [0.25, 0.3) is 33.6 Å². The van der Waals surface area contributed by atoms with E-state index in [9.17, 15) is 22.8 Å². The van der Waals surface area contributed by atoms with Crippen molar-refractivity contribution in [2.45, 2.75) is 38.4 Å². The number of hydrogen-bond donors (Lipinski definition) is 1. The summed E-state index contributed by atoms with van der Waals surface area (Å²) in [4.78, 5) is 35.9. The van der Waals surface area contributed by atoms with Crippen LogP contribution < -0.4 is 10.9 Å². The Kier molecular flexibility index (Phi) is 8.05. The zero-order valence-corrected chi connectivity index (χ0v) is 25.1. The lowest BCUT2D eigenvalue weighted by Gasteiger charge is -2.22. The lowest BCUT2D eigenvalue weighted by molar-refractivity contribution is -0.137. The largest absolute Gasteiger partial charge is 0.416 e. The molecule has 5 aromatic rings. The van der Waals surface area contributed by atoms with Gasteiger partial charge in [-0.1, -0.05) is 43.1 Å². The second kappa shape index (κ2) is 12.0. The molecule has 6 rings (SSSR count). The van der Waals surface area contributed by atoms with Crippen LogP contribution in [0.1, 0.15) is 43.5 Å². The molecule has 1 N–H and O–H groups in total. The number of rotatable bonds is 3. The summed E-state index contributed by atoms with van der Waals surface area (Å²) in [7, 11) is 1.79. The number of nitrogens with one attached hydrogen (secondary N) is 1. The summed E-state index contributed by atoms with van der Waals surface area (Å²) in [6.07, 6.45) is 2.06. The van der Waals surface area contributed by atoms with E-state index < -0.39 is 17.8 Å². The molecule has 1 aliphatic rings. The number of carbonyl (C=O) groups excluding carboxylic acids is 1. The Morgan fingerprint density at radius 1 is 0.933 bits per heavy atom. The Hall–Kier alpha value is -4.77. The van der Waals surface area contributed by atoms with Gasteiger partial charge in [-0.05, 0) is 60.4 Å². The van der Waals surface area contributed by atoms with Crippen molar-refractivity contribution in [3.8, 4) is 33.6 Å². The maximum absolute atomic E-state index is 13.8. The average Bonchev–Trinajstić information content (AvgIpc) is 3.38. The van der Waals surface area contributed by atoms with Gasteiger partial charge in [-0.15, -0.1) is 0 Å². The summed E-state index contributed by atoms with van der Waals surface area (Å²) in [5.74, 6) is -0.377. The molecular weight excluding hydrogens is 605 g/mol.